The Morgan fingerprint density at radius 2 is 2.25 bits per heavy atom. The van der Waals surface area contributed by atoms with Gasteiger partial charge < -0.3 is 10.6 Å². The predicted octanol–water partition coefficient (Wildman–Crippen LogP) is 2.85. The van der Waals surface area contributed by atoms with Crippen LogP contribution in [0.3, 0.4) is 0 Å². The molecule has 0 saturated carbocycles. The Morgan fingerprint density at radius 3 is 2.85 bits per heavy atom. The molecule has 0 saturated heterocycles. The third kappa shape index (κ3) is 3.26. The first-order valence-electron chi connectivity index (χ1n) is 6.51. The Hall–Kier alpha value is -1.24. The van der Waals surface area contributed by atoms with Crippen LogP contribution < -0.4 is 5.73 Å². The first kappa shape index (κ1) is 15.2. The van der Waals surface area contributed by atoms with Crippen LogP contribution in [0.15, 0.2) is 17.5 Å². The number of aromatic nitrogens is 1. The molecule has 2 aromatic rings. The van der Waals surface area contributed by atoms with Crippen LogP contribution in [0.1, 0.15) is 38.2 Å². The van der Waals surface area contributed by atoms with Gasteiger partial charge in [0.15, 0.2) is 0 Å². The Bertz CT molecular complexity index is 591. The van der Waals surface area contributed by atoms with E-state index in [0.29, 0.717) is 12.2 Å². The summed E-state index contributed by atoms with van der Waals surface area (Å²) >= 11 is 3.22. The van der Waals surface area contributed by atoms with Crippen LogP contribution in [0.2, 0.25) is 0 Å². The van der Waals surface area contributed by atoms with Gasteiger partial charge in [-0.1, -0.05) is 0 Å². The summed E-state index contributed by atoms with van der Waals surface area (Å²) in [5.41, 5.74) is 6.02. The summed E-state index contributed by atoms with van der Waals surface area (Å²) in [5, 5.41) is 2.74. The highest BCUT2D eigenvalue weighted by atomic mass is 32.1. The van der Waals surface area contributed by atoms with E-state index in [-0.39, 0.29) is 11.9 Å². The van der Waals surface area contributed by atoms with Crippen molar-refractivity contribution in [2.45, 2.75) is 26.3 Å². The number of carbonyl (C=O) groups excluding carboxylic acids is 1. The molecule has 1 amide bonds. The average molecular weight is 309 g/mol. The molecule has 0 bridgehead atoms. The molecule has 108 valence electrons. The van der Waals surface area contributed by atoms with E-state index in [9.17, 15) is 4.79 Å². The number of amides is 1. The summed E-state index contributed by atoms with van der Waals surface area (Å²) in [4.78, 5) is 21.0. The summed E-state index contributed by atoms with van der Waals surface area (Å²) in [6, 6.07) is 4.22. The summed E-state index contributed by atoms with van der Waals surface area (Å²) in [7, 11) is 1.82. The quantitative estimate of drug-likeness (QED) is 0.924. The van der Waals surface area contributed by atoms with E-state index in [1.807, 2.05) is 19.4 Å². The number of aryl methyl sites for hydroxylation is 1. The Kier molecular flexibility index (Phi) is 4.91. The first-order chi connectivity index (χ1) is 9.52. The molecule has 1 unspecified atom stereocenters. The van der Waals surface area contributed by atoms with E-state index in [4.69, 9.17) is 5.73 Å². The summed E-state index contributed by atoms with van der Waals surface area (Å²) in [6.07, 6.45) is 0.724. The van der Waals surface area contributed by atoms with E-state index in [1.54, 1.807) is 16.2 Å². The van der Waals surface area contributed by atoms with Crippen LogP contribution in [0.25, 0.3) is 0 Å². The van der Waals surface area contributed by atoms with Crippen molar-refractivity contribution in [3.05, 3.63) is 38.0 Å². The van der Waals surface area contributed by atoms with Gasteiger partial charge in [-0.15, -0.1) is 22.7 Å². The van der Waals surface area contributed by atoms with Gasteiger partial charge in [-0.3, -0.25) is 4.79 Å². The molecule has 0 radical (unpaired) electrons. The second kappa shape index (κ2) is 6.47. The molecule has 0 aliphatic carbocycles. The number of hydrogen-bond donors (Lipinski definition) is 1. The molecular formula is C14H19N3OS2. The van der Waals surface area contributed by atoms with E-state index in [0.717, 1.165) is 11.4 Å². The van der Waals surface area contributed by atoms with E-state index in [1.165, 1.54) is 21.1 Å². The predicted molar refractivity (Wildman–Crippen MR) is 84.4 cm³/mol. The van der Waals surface area contributed by atoms with Gasteiger partial charge in [0.2, 0.25) is 0 Å². The number of nitrogens with zero attached hydrogens (tertiary/aromatic N) is 2. The lowest BCUT2D eigenvalue weighted by atomic mass is 10.2. The minimum atomic E-state index is -0.0388. The molecule has 6 heteroatoms. The summed E-state index contributed by atoms with van der Waals surface area (Å²) in [6.45, 7) is 4.67. The maximum atomic E-state index is 12.4. The molecule has 1 atom stereocenters. The van der Waals surface area contributed by atoms with Crippen molar-refractivity contribution >= 4 is 28.6 Å². The average Bonchev–Trinajstić information content (AvgIpc) is 3.06. The zero-order valence-corrected chi connectivity index (χ0v) is 13.6. The molecule has 2 aromatic heterocycles. The lowest BCUT2D eigenvalue weighted by molar-refractivity contribution is 0.0739. The minimum Gasteiger partial charge on any atom is -0.333 e. The Balaban J connectivity index is 2.10. The molecule has 0 spiro atoms. The second-order valence-corrected chi connectivity index (χ2v) is 6.97. The van der Waals surface area contributed by atoms with Crippen molar-refractivity contribution < 1.29 is 4.79 Å². The van der Waals surface area contributed by atoms with Gasteiger partial charge in [0.1, 0.15) is 5.69 Å². The third-order valence-corrected chi connectivity index (χ3v) is 5.28. The topological polar surface area (TPSA) is 59.2 Å². The van der Waals surface area contributed by atoms with Crippen LogP contribution in [0.4, 0.5) is 0 Å². The fourth-order valence-corrected chi connectivity index (χ4v) is 3.63. The van der Waals surface area contributed by atoms with Gasteiger partial charge in [0.25, 0.3) is 5.91 Å². The van der Waals surface area contributed by atoms with E-state index in [2.05, 4.69) is 24.0 Å². The maximum absolute atomic E-state index is 12.4. The van der Waals surface area contributed by atoms with Gasteiger partial charge in [-0.25, -0.2) is 4.98 Å². The van der Waals surface area contributed by atoms with Gasteiger partial charge in [0.05, 0.1) is 11.0 Å². The molecule has 2 heterocycles. The number of rotatable bonds is 5. The molecule has 0 aliphatic heterocycles. The lowest BCUT2D eigenvalue weighted by Gasteiger charge is -2.23. The normalized spacial score (nSPS) is 12.4. The molecule has 0 aliphatic rings. The maximum Gasteiger partial charge on any atom is 0.273 e. The SMILES string of the molecule is Cc1ccc(C(C)N(C)C(=O)c2csc(CCN)n2)s1. The van der Waals surface area contributed by atoms with Crippen LogP contribution in [-0.4, -0.2) is 29.4 Å². The van der Waals surface area contributed by atoms with E-state index >= 15 is 0 Å². The molecule has 20 heavy (non-hydrogen) atoms. The standard InChI is InChI=1S/C14H19N3OS2/c1-9-4-5-12(20-9)10(2)17(3)14(18)11-8-19-13(16-11)6-7-15/h4-5,8,10H,6-7,15H2,1-3H3. The zero-order valence-electron chi connectivity index (χ0n) is 11.9. The highest BCUT2D eigenvalue weighted by Gasteiger charge is 2.22. The van der Waals surface area contributed by atoms with Gasteiger partial charge in [-0.05, 0) is 32.5 Å². The first-order valence-corrected chi connectivity index (χ1v) is 8.20. The second-order valence-electron chi connectivity index (χ2n) is 4.71. The fourth-order valence-electron chi connectivity index (χ4n) is 1.87. The highest BCUT2D eigenvalue weighted by molar-refractivity contribution is 7.12. The monoisotopic (exact) mass is 309 g/mol. The third-order valence-electron chi connectivity index (χ3n) is 3.20. The zero-order chi connectivity index (χ0) is 14.7. The molecule has 2 N–H and O–H groups in total. The van der Waals surface area contributed by atoms with Gasteiger partial charge >= 0.3 is 0 Å². The molecule has 0 aromatic carbocycles. The van der Waals surface area contributed by atoms with Crippen LogP contribution >= 0.6 is 22.7 Å². The fraction of sp³-hybridized carbons (Fsp3) is 0.429. The largest absolute Gasteiger partial charge is 0.333 e. The summed E-state index contributed by atoms with van der Waals surface area (Å²) < 4.78 is 0. The van der Waals surface area contributed by atoms with Gasteiger partial charge in [0, 0.05) is 28.6 Å². The van der Waals surface area contributed by atoms with Crippen molar-refractivity contribution in [1.82, 2.24) is 9.88 Å². The number of hydrogen-bond acceptors (Lipinski definition) is 5. The van der Waals surface area contributed by atoms with Gasteiger partial charge in [-0.2, -0.15) is 0 Å². The number of thiazole rings is 1. The Labute approximate surface area is 127 Å². The minimum absolute atomic E-state index is 0.0388. The van der Waals surface area contributed by atoms with Crippen molar-refractivity contribution in [3.63, 3.8) is 0 Å². The molecular weight excluding hydrogens is 290 g/mol. The number of carbonyl (C=O) groups is 1. The summed E-state index contributed by atoms with van der Waals surface area (Å²) in [5.74, 6) is -0.0388. The smallest absolute Gasteiger partial charge is 0.273 e. The molecule has 2 rings (SSSR count). The Morgan fingerprint density at radius 1 is 1.50 bits per heavy atom. The van der Waals surface area contributed by atoms with Crippen molar-refractivity contribution in [2.75, 3.05) is 13.6 Å². The van der Waals surface area contributed by atoms with E-state index < -0.39 is 0 Å². The highest BCUT2D eigenvalue weighted by Crippen LogP contribution is 2.27. The number of thiophene rings is 1. The molecule has 4 nitrogen and oxygen atoms in total. The van der Waals surface area contributed by atoms with Crippen LogP contribution in [0, 0.1) is 6.92 Å². The van der Waals surface area contributed by atoms with Crippen molar-refractivity contribution in [1.29, 1.82) is 0 Å². The van der Waals surface area contributed by atoms with Crippen molar-refractivity contribution in [3.8, 4) is 0 Å². The molecule has 0 fully saturated rings. The van der Waals surface area contributed by atoms with Crippen LogP contribution in [0.5, 0.6) is 0 Å². The van der Waals surface area contributed by atoms with Crippen molar-refractivity contribution in [2.24, 2.45) is 5.73 Å². The lowest BCUT2D eigenvalue weighted by Crippen LogP contribution is -2.29. The van der Waals surface area contributed by atoms with Crippen LogP contribution in [-0.2, 0) is 6.42 Å². The number of nitrogens with two attached hydrogens (primary N) is 1.